The summed E-state index contributed by atoms with van der Waals surface area (Å²) in [4.78, 5) is 12.2. The lowest BCUT2D eigenvalue weighted by Gasteiger charge is -2.31. The first-order valence-corrected chi connectivity index (χ1v) is 7.61. The maximum absolute atomic E-state index is 12.2. The van der Waals surface area contributed by atoms with E-state index >= 15 is 0 Å². The highest BCUT2D eigenvalue weighted by molar-refractivity contribution is 5.91. The highest BCUT2D eigenvalue weighted by Gasteiger charge is 2.31. The highest BCUT2D eigenvalue weighted by atomic mass is 16.5. The molecule has 1 saturated carbocycles. The molecule has 1 heterocycles. The molecule has 2 atom stereocenters. The van der Waals surface area contributed by atoms with Crippen LogP contribution in [-0.4, -0.2) is 35.7 Å². The van der Waals surface area contributed by atoms with Gasteiger partial charge in [-0.15, -0.1) is 0 Å². The van der Waals surface area contributed by atoms with Crippen LogP contribution in [0.2, 0.25) is 0 Å². The fraction of sp³-hybridized carbons (Fsp3) is 0.857. The lowest BCUT2D eigenvalue weighted by atomic mass is 9.83. The van der Waals surface area contributed by atoms with E-state index < -0.39 is 0 Å². The molecule has 1 aliphatic carbocycles. The number of hydrogen-bond acceptors (Lipinski definition) is 4. The third-order valence-corrected chi connectivity index (χ3v) is 4.33. The standard InChI is InChI=1S/C14H25N3O3/c15-13(17-19)12(10-6-2-1-3-7-10)16-14(18)11-8-4-5-9-20-11/h10-12,19H,1-9H2,(H2,15,17)(H,16,18). The largest absolute Gasteiger partial charge is 0.409 e. The number of nitrogens with zero attached hydrogens (tertiary/aromatic N) is 1. The monoisotopic (exact) mass is 283 g/mol. The molecule has 0 aromatic carbocycles. The molecule has 20 heavy (non-hydrogen) atoms. The lowest BCUT2D eigenvalue weighted by molar-refractivity contribution is -0.136. The van der Waals surface area contributed by atoms with Gasteiger partial charge in [-0.05, 0) is 38.0 Å². The van der Waals surface area contributed by atoms with Gasteiger partial charge in [-0.3, -0.25) is 4.79 Å². The summed E-state index contributed by atoms with van der Waals surface area (Å²) >= 11 is 0. The molecule has 6 heteroatoms. The van der Waals surface area contributed by atoms with Crippen molar-refractivity contribution in [1.29, 1.82) is 0 Å². The van der Waals surface area contributed by atoms with Crippen molar-refractivity contribution in [3.05, 3.63) is 0 Å². The molecular formula is C14H25N3O3. The van der Waals surface area contributed by atoms with Crippen molar-refractivity contribution in [1.82, 2.24) is 5.32 Å². The molecule has 2 fully saturated rings. The van der Waals surface area contributed by atoms with E-state index in [0.29, 0.717) is 6.61 Å². The normalized spacial score (nSPS) is 27.0. The van der Waals surface area contributed by atoms with Crippen LogP contribution in [0.1, 0.15) is 51.4 Å². The predicted octanol–water partition coefficient (Wildman–Crippen LogP) is 1.37. The third-order valence-electron chi connectivity index (χ3n) is 4.33. The topological polar surface area (TPSA) is 96.9 Å². The van der Waals surface area contributed by atoms with E-state index in [0.717, 1.165) is 44.9 Å². The minimum atomic E-state index is -0.388. The summed E-state index contributed by atoms with van der Waals surface area (Å²) in [6.45, 7) is 0.635. The van der Waals surface area contributed by atoms with Crippen LogP contribution in [0.3, 0.4) is 0 Å². The van der Waals surface area contributed by atoms with Gasteiger partial charge >= 0.3 is 0 Å². The van der Waals surface area contributed by atoms with Crippen LogP contribution in [0.25, 0.3) is 0 Å². The fourth-order valence-corrected chi connectivity index (χ4v) is 3.16. The number of amides is 1. The number of carbonyl (C=O) groups is 1. The Labute approximate surface area is 119 Å². The average Bonchev–Trinajstić information content (AvgIpc) is 2.53. The SMILES string of the molecule is NC(=NO)C(NC(=O)C1CCCCO1)C1CCCCC1. The first kappa shape index (κ1) is 15.1. The summed E-state index contributed by atoms with van der Waals surface area (Å²) in [7, 11) is 0. The molecular weight excluding hydrogens is 258 g/mol. The van der Waals surface area contributed by atoms with Crippen LogP contribution >= 0.6 is 0 Å². The summed E-state index contributed by atoms with van der Waals surface area (Å²) in [5.41, 5.74) is 5.77. The number of amidine groups is 1. The summed E-state index contributed by atoms with van der Waals surface area (Å²) in [6.07, 6.45) is 7.89. The fourth-order valence-electron chi connectivity index (χ4n) is 3.16. The van der Waals surface area contributed by atoms with Gasteiger partial charge < -0.3 is 21.0 Å². The Bertz CT molecular complexity index is 348. The van der Waals surface area contributed by atoms with Crippen molar-refractivity contribution in [2.75, 3.05) is 6.61 Å². The van der Waals surface area contributed by atoms with Gasteiger partial charge in [-0.2, -0.15) is 0 Å². The van der Waals surface area contributed by atoms with Gasteiger partial charge in [-0.25, -0.2) is 0 Å². The molecule has 2 rings (SSSR count). The van der Waals surface area contributed by atoms with Gasteiger partial charge in [0.2, 0.25) is 5.91 Å². The number of carbonyl (C=O) groups excluding carboxylic acids is 1. The van der Waals surface area contributed by atoms with Gasteiger partial charge in [0, 0.05) is 6.61 Å². The van der Waals surface area contributed by atoms with Crippen molar-refractivity contribution in [2.45, 2.75) is 63.5 Å². The Morgan fingerprint density at radius 1 is 1.20 bits per heavy atom. The Morgan fingerprint density at radius 3 is 2.50 bits per heavy atom. The molecule has 0 bridgehead atoms. The number of hydrogen-bond donors (Lipinski definition) is 3. The van der Waals surface area contributed by atoms with E-state index in [-0.39, 0.29) is 29.8 Å². The summed E-state index contributed by atoms with van der Waals surface area (Å²) in [5.74, 6) is 0.222. The summed E-state index contributed by atoms with van der Waals surface area (Å²) < 4.78 is 5.49. The van der Waals surface area contributed by atoms with Crippen LogP contribution in [0.4, 0.5) is 0 Å². The molecule has 2 unspecified atom stereocenters. The third kappa shape index (κ3) is 3.85. The number of oxime groups is 1. The number of rotatable bonds is 4. The molecule has 0 aromatic heterocycles. The van der Waals surface area contributed by atoms with Gasteiger partial charge in [0.25, 0.3) is 0 Å². The zero-order valence-electron chi connectivity index (χ0n) is 11.9. The second-order valence-electron chi connectivity index (χ2n) is 5.76. The second kappa shape index (κ2) is 7.47. The quantitative estimate of drug-likeness (QED) is 0.314. The number of nitrogens with one attached hydrogen (secondary N) is 1. The minimum absolute atomic E-state index is 0.0982. The molecule has 0 spiro atoms. The number of ether oxygens (including phenoxy) is 1. The zero-order chi connectivity index (χ0) is 14.4. The van der Waals surface area contributed by atoms with E-state index in [1.165, 1.54) is 6.42 Å². The van der Waals surface area contributed by atoms with E-state index in [4.69, 9.17) is 15.7 Å². The van der Waals surface area contributed by atoms with Gasteiger partial charge in [0.1, 0.15) is 6.10 Å². The van der Waals surface area contributed by atoms with Gasteiger partial charge in [0.15, 0.2) is 5.84 Å². The molecule has 0 aromatic rings. The van der Waals surface area contributed by atoms with Crippen LogP contribution in [0.15, 0.2) is 5.16 Å². The smallest absolute Gasteiger partial charge is 0.249 e. The van der Waals surface area contributed by atoms with E-state index in [1.807, 2.05) is 0 Å². The van der Waals surface area contributed by atoms with Crippen LogP contribution in [0.5, 0.6) is 0 Å². The molecule has 1 saturated heterocycles. The van der Waals surface area contributed by atoms with Gasteiger partial charge in [-0.1, -0.05) is 24.4 Å². The van der Waals surface area contributed by atoms with Crippen molar-refractivity contribution < 1.29 is 14.7 Å². The zero-order valence-corrected chi connectivity index (χ0v) is 11.9. The molecule has 1 aliphatic heterocycles. The van der Waals surface area contributed by atoms with Crippen LogP contribution < -0.4 is 11.1 Å². The van der Waals surface area contributed by atoms with Crippen molar-refractivity contribution in [2.24, 2.45) is 16.8 Å². The summed E-state index contributed by atoms with van der Waals surface area (Å²) in [5, 5.41) is 15.0. The maximum Gasteiger partial charge on any atom is 0.249 e. The Morgan fingerprint density at radius 2 is 1.90 bits per heavy atom. The Hall–Kier alpha value is -1.30. The molecule has 4 N–H and O–H groups in total. The molecule has 0 radical (unpaired) electrons. The van der Waals surface area contributed by atoms with E-state index in [1.54, 1.807) is 0 Å². The predicted molar refractivity (Wildman–Crippen MR) is 75.5 cm³/mol. The van der Waals surface area contributed by atoms with Crippen LogP contribution in [-0.2, 0) is 9.53 Å². The van der Waals surface area contributed by atoms with Crippen molar-refractivity contribution >= 4 is 11.7 Å². The molecule has 6 nitrogen and oxygen atoms in total. The Kier molecular flexibility index (Phi) is 5.64. The van der Waals surface area contributed by atoms with Gasteiger partial charge in [0.05, 0.1) is 6.04 Å². The first-order chi connectivity index (χ1) is 9.72. The van der Waals surface area contributed by atoms with Crippen molar-refractivity contribution in [3.8, 4) is 0 Å². The molecule has 1 amide bonds. The van der Waals surface area contributed by atoms with E-state index in [9.17, 15) is 4.79 Å². The average molecular weight is 283 g/mol. The van der Waals surface area contributed by atoms with E-state index in [2.05, 4.69) is 10.5 Å². The molecule has 2 aliphatic rings. The summed E-state index contributed by atoms with van der Waals surface area (Å²) in [6, 6.07) is -0.377. The maximum atomic E-state index is 12.2. The number of nitrogens with two attached hydrogens (primary N) is 1. The van der Waals surface area contributed by atoms with Crippen LogP contribution in [0, 0.1) is 5.92 Å². The second-order valence-corrected chi connectivity index (χ2v) is 5.76. The first-order valence-electron chi connectivity index (χ1n) is 7.61. The highest BCUT2D eigenvalue weighted by Crippen LogP contribution is 2.27. The molecule has 114 valence electrons. The van der Waals surface area contributed by atoms with Crippen molar-refractivity contribution in [3.63, 3.8) is 0 Å². The lowest BCUT2D eigenvalue weighted by Crippen LogP contribution is -2.53. The minimum Gasteiger partial charge on any atom is -0.409 e. The Balaban J connectivity index is 1.97.